The molecule has 0 aliphatic carbocycles. The summed E-state index contributed by atoms with van der Waals surface area (Å²) in [4.78, 5) is 18.3. The Morgan fingerprint density at radius 2 is 2.32 bits per heavy atom. The number of aliphatic carboxylic acids is 1. The molecule has 2 N–H and O–H groups in total. The van der Waals surface area contributed by atoms with Crippen molar-refractivity contribution in [1.29, 1.82) is 0 Å². The van der Waals surface area contributed by atoms with Crippen LogP contribution in [0.1, 0.15) is 18.2 Å². The quantitative estimate of drug-likeness (QED) is 0.779. The smallest absolute Gasteiger partial charge is 0.309 e. The molecule has 98 valence electrons. The lowest BCUT2D eigenvalue weighted by Gasteiger charge is -1.98. The Hall–Kier alpha value is -1.82. The highest BCUT2D eigenvalue weighted by Crippen LogP contribution is 2.26. The summed E-state index contributed by atoms with van der Waals surface area (Å²) in [5.74, 6) is -0.214. The molecule has 0 amide bonds. The summed E-state index contributed by atoms with van der Waals surface area (Å²) in [6, 6.07) is 6.13. The van der Waals surface area contributed by atoms with Gasteiger partial charge in [0.15, 0.2) is 0 Å². The predicted molar refractivity (Wildman–Crippen MR) is 75.5 cm³/mol. The molecular formula is C13H12BrN3O2. The highest BCUT2D eigenvalue weighted by Gasteiger charge is 2.16. The van der Waals surface area contributed by atoms with Crippen LogP contribution in [0.15, 0.2) is 22.8 Å². The van der Waals surface area contributed by atoms with Crippen LogP contribution in [0.2, 0.25) is 0 Å². The number of hydrogen-bond acceptors (Lipinski definition) is 2. The van der Waals surface area contributed by atoms with Gasteiger partial charge in [-0.15, -0.1) is 0 Å². The number of aryl methyl sites for hydroxylation is 1. The van der Waals surface area contributed by atoms with Crippen LogP contribution in [0.4, 0.5) is 0 Å². The summed E-state index contributed by atoms with van der Waals surface area (Å²) >= 11 is 3.44. The molecule has 3 aromatic rings. The van der Waals surface area contributed by atoms with Crippen molar-refractivity contribution in [2.24, 2.45) is 0 Å². The average molecular weight is 322 g/mol. The Bertz CT molecular complexity index is 788. The third-order valence-electron chi connectivity index (χ3n) is 3.16. The zero-order valence-electron chi connectivity index (χ0n) is 10.3. The van der Waals surface area contributed by atoms with Gasteiger partial charge in [0.25, 0.3) is 0 Å². The number of imidazole rings is 2. The van der Waals surface area contributed by atoms with E-state index in [1.54, 1.807) is 0 Å². The number of H-pyrrole nitrogens is 1. The minimum absolute atomic E-state index is 0.0571. The van der Waals surface area contributed by atoms with Crippen LogP contribution in [-0.2, 0) is 17.6 Å². The molecule has 0 bridgehead atoms. The maximum Gasteiger partial charge on any atom is 0.309 e. The molecule has 2 aromatic heterocycles. The van der Waals surface area contributed by atoms with Gasteiger partial charge < -0.3 is 10.1 Å². The molecule has 0 unspecified atom stereocenters. The lowest BCUT2D eigenvalue weighted by atomic mass is 10.1. The molecule has 3 rings (SSSR count). The van der Waals surface area contributed by atoms with Gasteiger partial charge in [0, 0.05) is 0 Å². The van der Waals surface area contributed by atoms with Gasteiger partial charge in [0.05, 0.1) is 23.1 Å². The second kappa shape index (κ2) is 4.38. The molecule has 0 saturated carbocycles. The number of carboxylic acid groups (broad SMARTS) is 1. The Kier molecular flexibility index (Phi) is 2.82. The fourth-order valence-corrected chi connectivity index (χ4v) is 2.82. The average Bonchev–Trinajstić information content (AvgIpc) is 2.86. The third kappa shape index (κ3) is 1.92. The predicted octanol–water partition coefficient (Wildman–Crippen LogP) is 2.77. The van der Waals surface area contributed by atoms with Crippen molar-refractivity contribution in [1.82, 2.24) is 14.4 Å². The number of carbonyl (C=O) groups is 1. The lowest BCUT2D eigenvalue weighted by molar-refractivity contribution is -0.136. The Labute approximate surface area is 117 Å². The van der Waals surface area contributed by atoms with E-state index in [1.807, 2.05) is 10.5 Å². The van der Waals surface area contributed by atoms with Crippen LogP contribution < -0.4 is 0 Å². The number of aromatic nitrogens is 3. The summed E-state index contributed by atoms with van der Waals surface area (Å²) in [7, 11) is 0. The van der Waals surface area contributed by atoms with Crippen molar-refractivity contribution >= 4 is 38.7 Å². The standard InChI is InChI=1S/C13H12BrN3O2/c1-2-7-3-4-10-8(5-7)15-13-16-9(6-11(18)19)12(14)17(10)13/h3-5H,2,6H2,1H3,(H,15,16)(H,18,19). The number of fused-ring (bicyclic) bond motifs is 3. The maximum atomic E-state index is 10.8. The van der Waals surface area contributed by atoms with Crippen LogP contribution in [0.25, 0.3) is 16.8 Å². The van der Waals surface area contributed by atoms with E-state index in [0.29, 0.717) is 11.5 Å². The lowest BCUT2D eigenvalue weighted by Crippen LogP contribution is -2.01. The first-order chi connectivity index (χ1) is 9.10. The van der Waals surface area contributed by atoms with Crippen LogP contribution in [0.3, 0.4) is 0 Å². The van der Waals surface area contributed by atoms with Crippen molar-refractivity contribution in [3.05, 3.63) is 34.1 Å². The zero-order chi connectivity index (χ0) is 13.6. The number of nitrogens with zero attached hydrogens (tertiary/aromatic N) is 2. The summed E-state index contributed by atoms with van der Waals surface area (Å²) in [5, 5.41) is 8.87. The van der Waals surface area contributed by atoms with Crippen molar-refractivity contribution in [2.75, 3.05) is 0 Å². The Morgan fingerprint density at radius 3 is 3.00 bits per heavy atom. The SMILES string of the molecule is CCc1ccc2c(c1)nc1[nH]c(CC(=O)O)c(Br)n12. The highest BCUT2D eigenvalue weighted by molar-refractivity contribution is 9.10. The van der Waals surface area contributed by atoms with Crippen LogP contribution >= 0.6 is 15.9 Å². The molecular weight excluding hydrogens is 310 g/mol. The molecule has 0 atom stereocenters. The second-order valence-electron chi connectivity index (χ2n) is 4.41. The molecule has 0 aliphatic heterocycles. The molecule has 5 nitrogen and oxygen atoms in total. The number of nitrogens with one attached hydrogen (secondary N) is 1. The molecule has 0 aliphatic rings. The number of aromatic amines is 1. The van der Waals surface area contributed by atoms with Crippen molar-refractivity contribution in [3.63, 3.8) is 0 Å². The molecule has 2 heterocycles. The second-order valence-corrected chi connectivity index (χ2v) is 5.16. The normalized spacial score (nSPS) is 11.5. The largest absolute Gasteiger partial charge is 0.481 e. The van der Waals surface area contributed by atoms with Crippen molar-refractivity contribution in [2.45, 2.75) is 19.8 Å². The van der Waals surface area contributed by atoms with Crippen LogP contribution in [-0.4, -0.2) is 25.4 Å². The van der Waals surface area contributed by atoms with E-state index in [2.05, 4.69) is 45.0 Å². The Balaban J connectivity index is 2.24. The molecule has 0 fully saturated rings. The molecule has 0 spiro atoms. The first kappa shape index (κ1) is 12.2. The van der Waals surface area contributed by atoms with Crippen LogP contribution in [0, 0.1) is 0 Å². The van der Waals surface area contributed by atoms with E-state index in [0.717, 1.165) is 22.1 Å². The van der Waals surface area contributed by atoms with E-state index < -0.39 is 5.97 Å². The van der Waals surface area contributed by atoms with E-state index in [-0.39, 0.29) is 6.42 Å². The molecule has 6 heteroatoms. The minimum Gasteiger partial charge on any atom is -0.481 e. The maximum absolute atomic E-state index is 10.8. The minimum atomic E-state index is -0.872. The summed E-state index contributed by atoms with van der Waals surface area (Å²) < 4.78 is 2.61. The van der Waals surface area contributed by atoms with Gasteiger partial charge in [0.2, 0.25) is 5.78 Å². The highest BCUT2D eigenvalue weighted by atomic mass is 79.9. The summed E-state index contributed by atoms with van der Waals surface area (Å²) in [6.45, 7) is 2.10. The van der Waals surface area contributed by atoms with E-state index in [1.165, 1.54) is 5.56 Å². The van der Waals surface area contributed by atoms with Gasteiger partial charge in [0.1, 0.15) is 4.60 Å². The number of halogens is 1. The summed E-state index contributed by atoms with van der Waals surface area (Å²) in [6.07, 6.45) is 0.908. The van der Waals surface area contributed by atoms with Crippen molar-refractivity contribution < 1.29 is 9.90 Å². The summed E-state index contributed by atoms with van der Waals surface area (Å²) in [5.41, 5.74) is 3.73. The topological polar surface area (TPSA) is 70.4 Å². The molecule has 0 radical (unpaired) electrons. The van der Waals surface area contributed by atoms with E-state index >= 15 is 0 Å². The third-order valence-corrected chi connectivity index (χ3v) is 4.00. The van der Waals surface area contributed by atoms with Gasteiger partial charge in [-0.25, -0.2) is 4.98 Å². The number of carboxylic acids is 1. The van der Waals surface area contributed by atoms with Gasteiger partial charge in [-0.1, -0.05) is 13.0 Å². The molecule has 19 heavy (non-hydrogen) atoms. The van der Waals surface area contributed by atoms with Gasteiger partial charge >= 0.3 is 5.97 Å². The van der Waals surface area contributed by atoms with Gasteiger partial charge in [-0.2, -0.15) is 0 Å². The van der Waals surface area contributed by atoms with Gasteiger partial charge in [-0.05, 0) is 40.0 Å². The number of benzene rings is 1. The number of hydrogen-bond donors (Lipinski definition) is 2. The Morgan fingerprint density at radius 1 is 1.53 bits per heavy atom. The first-order valence-corrected chi connectivity index (χ1v) is 6.78. The van der Waals surface area contributed by atoms with Gasteiger partial charge in [-0.3, -0.25) is 9.20 Å². The monoisotopic (exact) mass is 321 g/mol. The molecule has 1 aromatic carbocycles. The van der Waals surface area contributed by atoms with Crippen molar-refractivity contribution in [3.8, 4) is 0 Å². The fourth-order valence-electron chi connectivity index (χ4n) is 2.22. The fraction of sp³-hybridized carbons (Fsp3) is 0.231. The zero-order valence-corrected chi connectivity index (χ0v) is 11.9. The van der Waals surface area contributed by atoms with E-state index in [4.69, 9.17) is 5.11 Å². The first-order valence-electron chi connectivity index (χ1n) is 5.99. The molecule has 0 saturated heterocycles. The number of rotatable bonds is 3. The van der Waals surface area contributed by atoms with Crippen LogP contribution in [0.5, 0.6) is 0 Å². The van der Waals surface area contributed by atoms with E-state index in [9.17, 15) is 4.79 Å².